The van der Waals surface area contributed by atoms with E-state index >= 15 is 0 Å². The molecular weight excluding hydrogens is 224 g/mol. The Morgan fingerprint density at radius 2 is 2.00 bits per heavy atom. The average molecular weight is 244 g/mol. The second-order valence-electron chi connectivity index (χ2n) is 4.65. The summed E-state index contributed by atoms with van der Waals surface area (Å²) >= 11 is 0. The van der Waals surface area contributed by atoms with Gasteiger partial charge in [-0.15, -0.1) is 0 Å². The number of aryl methyl sites for hydroxylation is 2. The van der Waals surface area contributed by atoms with Crippen LogP contribution in [0.4, 0.5) is 0 Å². The van der Waals surface area contributed by atoms with E-state index in [1.807, 2.05) is 38.1 Å². The summed E-state index contributed by atoms with van der Waals surface area (Å²) in [7, 11) is 4.01. The summed E-state index contributed by atoms with van der Waals surface area (Å²) in [5, 5.41) is 7.76. The Balaban J connectivity index is 2.04. The monoisotopic (exact) mass is 244 g/mol. The van der Waals surface area contributed by atoms with E-state index in [0.717, 1.165) is 18.5 Å². The van der Waals surface area contributed by atoms with Crippen LogP contribution in [0.25, 0.3) is 0 Å². The van der Waals surface area contributed by atoms with Crippen molar-refractivity contribution in [3.8, 4) is 0 Å². The second-order valence-corrected chi connectivity index (χ2v) is 4.65. The van der Waals surface area contributed by atoms with Gasteiger partial charge in [0.1, 0.15) is 0 Å². The van der Waals surface area contributed by atoms with E-state index in [2.05, 4.69) is 33.6 Å². The SMILES string of the molecule is CNC(Cc1ccncc1)Cc1cc(C)nn1C. The number of likely N-dealkylation sites (N-methyl/N-ethyl adjacent to an activating group) is 1. The molecule has 0 saturated carbocycles. The Morgan fingerprint density at radius 1 is 1.28 bits per heavy atom. The Hall–Kier alpha value is -1.68. The van der Waals surface area contributed by atoms with Gasteiger partial charge in [-0.05, 0) is 44.2 Å². The van der Waals surface area contributed by atoms with Gasteiger partial charge in [0.05, 0.1) is 5.69 Å². The summed E-state index contributed by atoms with van der Waals surface area (Å²) < 4.78 is 1.96. The van der Waals surface area contributed by atoms with Crippen LogP contribution in [0.1, 0.15) is 17.0 Å². The summed E-state index contributed by atoms with van der Waals surface area (Å²) in [5.41, 5.74) is 3.65. The van der Waals surface area contributed by atoms with E-state index in [0.29, 0.717) is 6.04 Å². The van der Waals surface area contributed by atoms with Gasteiger partial charge < -0.3 is 5.32 Å². The van der Waals surface area contributed by atoms with Crippen LogP contribution in [0.3, 0.4) is 0 Å². The third kappa shape index (κ3) is 3.17. The van der Waals surface area contributed by atoms with Crippen molar-refractivity contribution in [3.05, 3.63) is 47.5 Å². The predicted molar refractivity (Wildman–Crippen MR) is 72.4 cm³/mol. The number of nitrogens with one attached hydrogen (secondary N) is 1. The molecule has 0 aliphatic carbocycles. The average Bonchev–Trinajstić information content (AvgIpc) is 2.68. The van der Waals surface area contributed by atoms with Gasteiger partial charge in [0, 0.05) is 37.6 Å². The molecule has 1 unspecified atom stereocenters. The first-order chi connectivity index (χ1) is 8.69. The molecule has 0 aliphatic heterocycles. The van der Waals surface area contributed by atoms with Crippen molar-refractivity contribution in [3.63, 3.8) is 0 Å². The van der Waals surface area contributed by atoms with Crippen LogP contribution in [0.2, 0.25) is 0 Å². The molecule has 1 N–H and O–H groups in total. The number of aromatic nitrogens is 3. The summed E-state index contributed by atoms with van der Waals surface area (Å²) in [5.74, 6) is 0. The number of hydrogen-bond acceptors (Lipinski definition) is 3. The highest BCUT2D eigenvalue weighted by Crippen LogP contribution is 2.09. The van der Waals surface area contributed by atoms with Crippen LogP contribution < -0.4 is 5.32 Å². The van der Waals surface area contributed by atoms with Crippen LogP contribution in [0.15, 0.2) is 30.6 Å². The van der Waals surface area contributed by atoms with Crippen molar-refractivity contribution in [2.24, 2.45) is 7.05 Å². The minimum Gasteiger partial charge on any atom is -0.316 e. The van der Waals surface area contributed by atoms with Gasteiger partial charge in [0.15, 0.2) is 0 Å². The molecule has 4 heteroatoms. The summed E-state index contributed by atoms with van der Waals surface area (Å²) in [6.45, 7) is 2.03. The largest absolute Gasteiger partial charge is 0.316 e. The quantitative estimate of drug-likeness (QED) is 0.866. The van der Waals surface area contributed by atoms with Crippen molar-refractivity contribution in [1.82, 2.24) is 20.1 Å². The molecule has 18 heavy (non-hydrogen) atoms. The molecule has 4 nitrogen and oxygen atoms in total. The molecule has 2 heterocycles. The fraction of sp³-hybridized carbons (Fsp3) is 0.429. The Labute approximate surface area is 108 Å². The molecule has 1 atom stereocenters. The topological polar surface area (TPSA) is 42.7 Å². The minimum atomic E-state index is 0.419. The molecule has 0 radical (unpaired) electrons. The lowest BCUT2D eigenvalue weighted by Gasteiger charge is -2.16. The number of rotatable bonds is 5. The highest BCUT2D eigenvalue weighted by molar-refractivity contribution is 5.14. The summed E-state index contributed by atoms with van der Waals surface area (Å²) in [6, 6.07) is 6.70. The van der Waals surface area contributed by atoms with Crippen molar-refractivity contribution in [1.29, 1.82) is 0 Å². The number of pyridine rings is 1. The van der Waals surface area contributed by atoms with Crippen molar-refractivity contribution in [2.45, 2.75) is 25.8 Å². The lowest BCUT2D eigenvalue weighted by Crippen LogP contribution is -2.30. The van der Waals surface area contributed by atoms with E-state index in [1.54, 1.807) is 0 Å². The molecule has 0 aliphatic rings. The maximum Gasteiger partial charge on any atom is 0.0596 e. The highest BCUT2D eigenvalue weighted by atomic mass is 15.3. The summed E-state index contributed by atoms with van der Waals surface area (Å²) in [4.78, 5) is 4.05. The third-order valence-corrected chi connectivity index (χ3v) is 3.19. The van der Waals surface area contributed by atoms with Gasteiger partial charge in [-0.1, -0.05) is 0 Å². The Kier molecular flexibility index (Phi) is 4.10. The Morgan fingerprint density at radius 3 is 2.56 bits per heavy atom. The lowest BCUT2D eigenvalue weighted by molar-refractivity contribution is 0.533. The molecule has 0 fully saturated rings. The van der Waals surface area contributed by atoms with Crippen LogP contribution >= 0.6 is 0 Å². The first-order valence-electron chi connectivity index (χ1n) is 6.24. The van der Waals surface area contributed by atoms with E-state index < -0.39 is 0 Å². The molecule has 96 valence electrons. The summed E-state index contributed by atoms with van der Waals surface area (Å²) in [6.07, 6.45) is 5.67. The molecule has 0 aromatic carbocycles. The first kappa shape index (κ1) is 12.8. The van der Waals surface area contributed by atoms with Crippen LogP contribution in [0, 0.1) is 6.92 Å². The van der Waals surface area contributed by atoms with Crippen LogP contribution in [0.5, 0.6) is 0 Å². The first-order valence-corrected chi connectivity index (χ1v) is 6.24. The molecule has 0 saturated heterocycles. The lowest BCUT2D eigenvalue weighted by atomic mass is 10.0. The zero-order valence-corrected chi connectivity index (χ0v) is 11.2. The molecule has 0 spiro atoms. The minimum absolute atomic E-state index is 0.419. The molecule has 0 amide bonds. The molecule has 0 bridgehead atoms. The maximum atomic E-state index is 4.38. The van der Waals surface area contributed by atoms with Gasteiger partial charge >= 0.3 is 0 Å². The van der Waals surface area contributed by atoms with E-state index in [9.17, 15) is 0 Å². The highest BCUT2D eigenvalue weighted by Gasteiger charge is 2.11. The zero-order valence-electron chi connectivity index (χ0n) is 11.2. The normalized spacial score (nSPS) is 12.6. The third-order valence-electron chi connectivity index (χ3n) is 3.19. The fourth-order valence-electron chi connectivity index (χ4n) is 2.19. The van der Waals surface area contributed by atoms with Gasteiger partial charge in [0.25, 0.3) is 0 Å². The molecule has 2 aromatic heterocycles. The fourth-order valence-corrected chi connectivity index (χ4v) is 2.19. The number of nitrogens with zero attached hydrogens (tertiary/aromatic N) is 3. The van der Waals surface area contributed by atoms with Crippen LogP contribution in [-0.2, 0) is 19.9 Å². The van der Waals surface area contributed by atoms with E-state index in [1.165, 1.54) is 11.3 Å². The second kappa shape index (κ2) is 5.78. The van der Waals surface area contributed by atoms with Gasteiger partial charge in [0.2, 0.25) is 0 Å². The molecule has 2 rings (SSSR count). The van der Waals surface area contributed by atoms with Crippen LogP contribution in [-0.4, -0.2) is 27.9 Å². The van der Waals surface area contributed by atoms with E-state index in [4.69, 9.17) is 0 Å². The smallest absolute Gasteiger partial charge is 0.0596 e. The van der Waals surface area contributed by atoms with Gasteiger partial charge in [-0.2, -0.15) is 5.10 Å². The van der Waals surface area contributed by atoms with Crippen molar-refractivity contribution >= 4 is 0 Å². The molecular formula is C14H20N4. The number of hydrogen-bond donors (Lipinski definition) is 1. The van der Waals surface area contributed by atoms with Crippen molar-refractivity contribution in [2.75, 3.05) is 7.05 Å². The maximum absolute atomic E-state index is 4.38. The van der Waals surface area contributed by atoms with Gasteiger partial charge in [-0.3, -0.25) is 9.67 Å². The zero-order chi connectivity index (χ0) is 13.0. The van der Waals surface area contributed by atoms with Gasteiger partial charge in [-0.25, -0.2) is 0 Å². The van der Waals surface area contributed by atoms with E-state index in [-0.39, 0.29) is 0 Å². The standard InChI is InChI=1S/C14H20N4/c1-11-8-14(18(3)17-11)10-13(15-2)9-12-4-6-16-7-5-12/h4-8,13,15H,9-10H2,1-3H3. The molecule has 2 aromatic rings. The van der Waals surface area contributed by atoms with Crippen molar-refractivity contribution < 1.29 is 0 Å². The Bertz CT molecular complexity index is 490. The predicted octanol–water partition coefficient (Wildman–Crippen LogP) is 1.50.